The lowest BCUT2D eigenvalue weighted by atomic mass is 9.74. The smallest absolute Gasteiger partial charge is 0.232 e. The highest BCUT2D eigenvalue weighted by Gasteiger charge is 2.39. The summed E-state index contributed by atoms with van der Waals surface area (Å²) in [5, 5.41) is 3.40. The molecule has 1 aliphatic heterocycles. The lowest BCUT2D eigenvalue weighted by Crippen LogP contribution is -2.48. The maximum atomic E-state index is 12.8. The number of anilines is 1. The van der Waals surface area contributed by atoms with E-state index in [2.05, 4.69) is 19.2 Å². The molecular formula is C16H24N2O. The molecule has 0 radical (unpaired) electrons. The fourth-order valence-corrected chi connectivity index (χ4v) is 2.84. The molecular weight excluding hydrogens is 236 g/mol. The molecule has 104 valence electrons. The molecule has 2 rings (SSSR count). The second kappa shape index (κ2) is 5.74. The second-order valence-corrected chi connectivity index (χ2v) is 5.96. The van der Waals surface area contributed by atoms with Crippen molar-refractivity contribution in [1.29, 1.82) is 0 Å². The molecule has 1 N–H and O–H groups in total. The summed E-state index contributed by atoms with van der Waals surface area (Å²) < 4.78 is 0. The van der Waals surface area contributed by atoms with E-state index in [1.165, 1.54) is 0 Å². The van der Waals surface area contributed by atoms with Crippen LogP contribution in [0.25, 0.3) is 0 Å². The van der Waals surface area contributed by atoms with Gasteiger partial charge in [0, 0.05) is 18.2 Å². The lowest BCUT2D eigenvalue weighted by molar-refractivity contribution is -0.129. The third kappa shape index (κ3) is 2.98. The van der Waals surface area contributed by atoms with E-state index in [9.17, 15) is 4.79 Å². The number of amides is 1. The predicted molar refractivity (Wildman–Crippen MR) is 79.2 cm³/mol. The number of nitrogens with zero attached hydrogens (tertiary/aromatic N) is 1. The molecule has 0 saturated carbocycles. The summed E-state index contributed by atoms with van der Waals surface area (Å²) in [5.41, 5.74) is 0.641. The van der Waals surface area contributed by atoms with Crippen molar-refractivity contribution in [2.75, 3.05) is 25.0 Å². The Morgan fingerprint density at radius 1 is 1.32 bits per heavy atom. The molecule has 1 saturated heterocycles. The average Bonchev–Trinajstić information content (AvgIpc) is 2.47. The Labute approximate surface area is 116 Å². The van der Waals surface area contributed by atoms with Gasteiger partial charge in [0.2, 0.25) is 5.91 Å². The van der Waals surface area contributed by atoms with Crippen LogP contribution in [0.15, 0.2) is 30.3 Å². The van der Waals surface area contributed by atoms with Crippen LogP contribution in [-0.2, 0) is 4.79 Å². The van der Waals surface area contributed by atoms with Gasteiger partial charge in [-0.2, -0.15) is 0 Å². The fraction of sp³-hybridized carbons (Fsp3) is 0.562. The van der Waals surface area contributed by atoms with Crippen molar-refractivity contribution in [3.63, 3.8) is 0 Å². The van der Waals surface area contributed by atoms with Crippen LogP contribution in [0.2, 0.25) is 0 Å². The highest BCUT2D eigenvalue weighted by molar-refractivity contribution is 5.96. The van der Waals surface area contributed by atoms with Gasteiger partial charge in [-0.15, -0.1) is 0 Å². The van der Waals surface area contributed by atoms with Gasteiger partial charge in [0.15, 0.2) is 0 Å². The van der Waals surface area contributed by atoms with Crippen molar-refractivity contribution in [3.05, 3.63) is 30.3 Å². The summed E-state index contributed by atoms with van der Waals surface area (Å²) in [6.07, 6.45) is 2.30. The van der Waals surface area contributed by atoms with E-state index in [-0.39, 0.29) is 11.3 Å². The summed E-state index contributed by atoms with van der Waals surface area (Å²) >= 11 is 0. The Bertz CT molecular complexity index is 422. The van der Waals surface area contributed by atoms with Crippen LogP contribution >= 0.6 is 0 Å². The zero-order valence-corrected chi connectivity index (χ0v) is 12.1. The Hall–Kier alpha value is -1.35. The van der Waals surface area contributed by atoms with Crippen LogP contribution in [0.1, 0.15) is 26.7 Å². The number of carbonyl (C=O) groups is 1. The molecule has 0 bridgehead atoms. The topological polar surface area (TPSA) is 32.3 Å². The van der Waals surface area contributed by atoms with E-state index in [0.29, 0.717) is 5.92 Å². The Morgan fingerprint density at radius 3 is 2.58 bits per heavy atom. The lowest BCUT2D eigenvalue weighted by Gasteiger charge is -2.38. The Balaban J connectivity index is 2.13. The monoisotopic (exact) mass is 260 g/mol. The van der Waals surface area contributed by atoms with Crippen LogP contribution in [-0.4, -0.2) is 26.0 Å². The van der Waals surface area contributed by atoms with Gasteiger partial charge in [0.25, 0.3) is 0 Å². The minimum absolute atomic E-state index is 0.201. The minimum Gasteiger partial charge on any atom is -0.316 e. The first-order valence-corrected chi connectivity index (χ1v) is 7.07. The molecule has 1 aromatic rings. The van der Waals surface area contributed by atoms with Crippen molar-refractivity contribution >= 4 is 11.6 Å². The summed E-state index contributed by atoms with van der Waals surface area (Å²) in [6, 6.07) is 9.86. The third-order valence-electron chi connectivity index (χ3n) is 4.32. The molecule has 3 nitrogen and oxygen atoms in total. The average molecular weight is 260 g/mol. The summed E-state index contributed by atoms with van der Waals surface area (Å²) in [7, 11) is 1.87. The number of rotatable bonds is 3. The second-order valence-electron chi connectivity index (χ2n) is 5.96. The highest BCUT2D eigenvalue weighted by atomic mass is 16.2. The number of para-hydroxylation sites is 1. The Morgan fingerprint density at radius 2 is 2.00 bits per heavy atom. The molecule has 19 heavy (non-hydrogen) atoms. The van der Waals surface area contributed by atoms with E-state index in [1.807, 2.05) is 37.4 Å². The highest BCUT2D eigenvalue weighted by Crippen LogP contribution is 2.34. The van der Waals surface area contributed by atoms with Crippen LogP contribution in [0.4, 0.5) is 5.69 Å². The molecule has 1 unspecified atom stereocenters. The van der Waals surface area contributed by atoms with Gasteiger partial charge in [0.05, 0.1) is 0 Å². The Kier molecular flexibility index (Phi) is 4.25. The first-order valence-electron chi connectivity index (χ1n) is 7.07. The molecule has 1 aromatic carbocycles. The number of hydrogen-bond donors (Lipinski definition) is 1. The first-order chi connectivity index (χ1) is 9.03. The number of piperidine rings is 1. The van der Waals surface area contributed by atoms with Crippen LogP contribution in [0.5, 0.6) is 0 Å². The van der Waals surface area contributed by atoms with Crippen LogP contribution in [0, 0.1) is 11.3 Å². The van der Waals surface area contributed by atoms with Crippen LogP contribution in [0.3, 0.4) is 0 Å². The van der Waals surface area contributed by atoms with E-state index in [1.54, 1.807) is 4.90 Å². The van der Waals surface area contributed by atoms with E-state index in [0.717, 1.165) is 31.6 Å². The third-order valence-corrected chi connectivity index (χ3v) is 4.32. The van der Waals surface area contributed by atoms with Gasteiger partial charge >= 0.3 is 0 Å². The van der Waals surface area contributed by atoms with E-state index < -0.39 is 0 Å². The zero-order valence-electron chi connectivity index (χ0n) is 12.1. The number of benzene rings is 1. The maximum absolute atomic E-state index is 12.8. The maximum Gasteiger partial charge on any atom is 0.232 e. The molecule has 1 fully saturated rings. The van der Waals surface area contributed by atoms with Gasteiger partial charge in [0.1, 0.15) is 0 Å². The van der Waals surface area contributed by atoms with E-state index in [4.69, 9.17) is 0 Å². The summed E-state index contributed by atoms with van der Waals surface area (Å²) in [6.45, 7) is 6.18. The number of nitrogens with one attached hydrogen (secondary N) is 1. The van der Waals surface area contributed by atoms with Crippen molar-refractivity contribution in [2.24, 2.45) is 11.3 Å². The molecule has 0 aliphatic carbocycles. The van der Waals surface area contributed by atoms with Crippen molar-refractivity contribution < 1.29 is 4.79 Å². The molecule has 1 atom stereocenters. The number of carbonyl (C=O) groups excluding carboxylic acids is 1. The van der Waals surface area contributed by atoms with Gasteiger partial charge < -0.3 is 10.2 Å². The standard InChI is InChI=1S/C16H24N2O/c1-16(2,13-8-7-11-17-12-13)15(19)18(3)14-9-5-4-6-10-14/h4-6,9-10,13,17H,7-8,11-12H2,1-3H3. The largest absolute Gasteiger partial charge is 0.316 e. The van der Waals surface area contributed by atoms with Gasteiger partial charge in [-0.25, -0.2) is 0 Å². The molecule has 1 heterocycles. The molecule has 3 heteroatoms. The van der Waals surface area contributed by atoms with Crippen molar-refractivity contribution in [3.8, 4) is 0 Å². The predicted octanol–water partition coefficient (Wildman–Crippen LogP) is 2.68. The van der Waals surface area contributed by atoms with E-state index >= 15 is 0 Å². The molecule has 0 aromatic heterocycles. The quantitative estimate of drug-likeness (QED) is 0.906. The molecule has 1 amide bonds. The zero-order chi connectivity index (χ0) is 13.9. The molecule has 0 spiro atoms. The van der Waals surface area contributed by atoms with Gasteiger partial charge in [-0.1, -0.05) is 32.0 Å². The summed E-state index contributed by atoms with van der Waals surface area (Å²) in [4.78, 5) is 14.5. The number of hydrogen-bond acceptors (Lipinski definition) is 2. The summed E-state index contributed by atoms with van der Waals surface area (Å²) in [5.74, 6) is 0.618. The van der Waals surface area contributed by atoms with Crippen molar-refractivity contribution in [1.82, 2.24) is 5.32 Å². The first kappa shape index (κ1) is 14.1. The fourth-order valence-electron chi connectivity index (χ4n) is 2.84. The minimum atomic E-state index is -0.321. The van der Waals surface area contributed by atoms with Crippen molar-refractivity contribution in [2.45, 2.75) is 26.7 Å². The SMILES string of the molecule is CN(C(=O)C(C)(C)C1CCCNC1)c1ccccc1. The van der Waals surface area contributed by atoms with Gasteiger partial charge in [-0.05, 0) is 44.0 Å². The normalized spacial score (nSPS) is 20.1. The van der Waals surface area contributed by atoms with Gasteiger partial charge in [-0.3, -0.25) is 4.79 Å². The molecule has 1 aliphatic rings. The van der Waals surface area contributed by atoms with Crippen LogP contribution < -0.4 is 10.2 Å².